The average Bonchev–Trinajstić information content (AvgIpc) is 2.80. The minimum atomic E-state index is -0.936. The highest BCUT2D eigenvalue weighted by molar-refractivity contribution is 8.18. The zero-order valence-electron chi connectivity index (χ0n) is 13.4. The third-order valence-electron chi connectivity index (χ3n) is 3.46. The maximum atomic E-state index is 12.4. The Bertz CT molecular complexity index is 667. The topological polar surface area (TPSA) is 66.9 Å². The maximum Gasteiger partial charge on any atom is 0.328 e. The van der Waals surface area contributed by atoms with Crippen LogP contribution in [0.15, 0.2) is 29.2 Å². The Morgan fingerprint density at radius 3 is 2.39 bits per heavy atom. The predicted molar refractivity (Wildman–Crippen MR) is 90.1 cm³/mol. The summed E-state index contributed by atoms with van der Waals surface area (Å²) in [6, 6.07) is 6.65. The molecule has 122 valence electrons. The van der Waals surface area contributed by atoms with E-state index in [4.69, 9.17) is 0 Å². The van der Waals surface area contributed by atoms with Crippen LogP contribution in [-0.4, -0.2) is 49.3 Å². The number of rotatable bonds is 4. The van der Waals surface area contributed by atoms with E-state index in [-0.39, 0.29) is 0 Å². The van der Waals surface area contributed by atoms with E-state index in [1.807, 2.05) is 43.3 Å². The van der Waals surface area contributed by atoms with Crippen molar-refractivity contribution >= 4 is 40.6 Å². The van der Waals surface area contributed by atoms with Gasteiger partial charge < -0.3 is 9.64 Å². The number of thioether (sulfide) groups is 1. The highest BCUT2D eigenvalue weighted by Crippen LogP contribution is 2.33. The second-order valence-corrected chi connectivity index (χ2v) is 6.23. The SMILES string of the molecule is COC(=O)[C@H](C)N1C(=O)S/C(=C\c2ccc(N(C)C)cc2)C1=O. The predicted octanol–water partition coefficient (Wildman–Crippen LogP) is 2.35. The third-order valence-corrected chi connectivity index (χ3v) is 4.34. The van der Waals surface area contributed by atoms with E-state index >= 15 is 0 Å². The second-order valence-electron chi connectivity index (χ2n) is 5.24. The standard InChI is InChI=1S/C16H18N2O4S/c1-10(15(20)22-4)18-14(19)13(23-16(18)21)9-11-5-7-12(8-6-11)17(2)3/h5-10H,1-4H3/b13-9-/t10-/m0/s1. The summed E-state index contributed by atoms with van der Waals surface area (Å²) in [7, 11) is 5.10. The summed E-state index contributed by atoms with van der Waals surface area (Å²) in [6.45, 7) is 1.47. The van der Waals surface area contributed by atoms with Crippen molar-refractivity contribution in [2.45, 2.75) is 13.0 Å². The largest absolute Gasteiger partial charge is 0.467 e. The fourth-order valence-corrected chi connectivity index (χ4v) is 3.02. The molecule has 0 bridgehead atoms. The Kier molecular flexibility index (Phi) is 5.10. The number of imide groups is 1. The van der Waals surface area contributed by atoms with Gasteiger partial charge in [0, 0.05) is 19.8 Å². The highest BCUT2D eigenvalue weighted by atomic mass is 32.2. The lowest BCUT2D eigenvalue weighted by Gasteiger charge is -2.18. The van der Waals surface area contributed by atoms with Crippen LogP contribution in [0.5, 0.6) is 0 Å². The molecule has 7 heteroatoms. The second kappa shape index (κ2) is 6.87. The number of hydrogen-bond donors (Lipinski definition) is 0. The molecule has 1 aliphatic rings. The molecule has 1 atom stereocenters. The highest BCUT2D eigenvalue weighted by Gasteiger charge is 2.41. The van der Waals surface area contributed by atoms with Crippen molar-refractivity contribution in [1.82, 2.24) is 4.90 Å². The van der Waals surface area contributed by atoms with Crippen molar-refractivity contribution in [3.05, 3.63) is 34.7 Å². The van der Waals surface area contributed by atoms with Crippen LogP contribution >= 0.6 is 11.8 Å². The van der Waals surface area contributed by atoms with E-state index in [9.17, 15) is 14.4 Å². The van der Waals surface area contributed by atoms with Crippen LogP contribution in [0.4, 0.5) is 10.5 Å². The van der Waals surface area contributed by atoms with E-state index in [2.05, 4.69) is 4.74 Å². The van der Waals surface area contributed by atoms with E-state index < -0.39 is 23.2 Å². The molecule has 2 rings (SSSR count). The molecule has 23 heavy (non-hydrogen) atoms. The molecule has 1 aromatic rings. The zero-order valence-corrected chi connectivity index (χ0v) is 14.2. The lowest BCUT2D eigenvalue weighted by Crippen LogP contribution is -2.42. The van der Waals surface area contributed by atoms with Crippen molar-refractivity contribution < 1.29 is 19.1 Å². The number of carbonyl (C=O) groups excluding carboxylic acids is 3. The average molecular weight is 334 g/mol. The number of methoxy groups -OCH3 is 1. The summed E-state index contributed by atoms with van der Waals surface area (Å²) in [6.07, 6.45) is 1.65. The normalized spacial score (nSPS) is 17.6. The molecule has 0 radical (unpaired) electrons. The molecule has 0 aromatic heterocycles. The van der Waals surface area contributed by atoms with Crippen LogP contribution in [0, 0.1) is 0 Å². The van der Waals surface area contributed by atoms with Gasteiger partial charge in [0.1, 0.15) is 6.04 Å². The zero-order chi connectivity index (χ0) is 17.1. The number of nitrogens with zero attached hydrogens (tertiary/aromatic N) is 2. The first-order valence-corrected chi connectivity index (χ1v) is 7.79. The van der Waals surface area contributed by atoms with Gasteiger partial charge in [-0.25, -0.2) is 4.79 Å². The van der Waals surface area contributed by atoms with Crippen LogP contribution in [0.1, 0.15) is 12.5 Å². The summed E-state index contributed by atoms with van der Waals surface area (Å²) in [5, 5.41) is -0.468. The van der Waals surface area contributed by atoms with Crippen LogP contribution in [0.25, 0.3) is 6.08 Å². The van der Waals surface area contributed by atoms with Gasteiger partial charge in [-0.15, -0.1) is 0 Å². The Labute approximate surface area is 139 Å². The van der Waals surface area contributed by atoms with Crippen LogP contribution < -0.4 is 4.90 Å². The molecule has 0 N–H and O–H groups in total. The number of esters is 1. The van der Waals surface area contributed by atoms with Gasteiger partial charge in [-0.05, 0) is 42.5 Å². The first kappa shape index (κ1) is 17.1. The molecule has 6 nitrogen and oxygen atoms in total. The number of ether oxygens (including phenoxy) is 1. The van der Waals surface area contributed by atoms with Gasteiger partial charge in [-0.3, -0.25) is 14.5 Å². The monoisotopic (exact) mass is 334 g/mol. The fraction of sp³-hybridized carbons (Fsp3) is 0.312. The van der Waals surface area contributed by atoms with E-state index in [0.29, 0.717) is 4.91 Å². The number of carbonyl (C=O) groups is 3. The molecule has 1 heterocycles. The van der Waals surface area contributed by atoms with E-state index in [1.54, 1.807) is 6.08 Å². The summed E-state index contributed by atoms with van der Waals surface area (Å²) >= 11 is 0.824. The van der Waals surface area contributed by atoms with E-state index in [1.165, 1.54) is 14.0 Å². The molecule has 1 aromatic carbocycles. The van der Waals surface area contributed by atoms with Gasteiger partial charge in [-0.2, -0.15) is 0 Å². The first-order chi connectivity index (χ1) is 10.8. The quantitative estimate of drug-likeness (QED) is 0.622. The number of hydrogen-bond acceptors (Lipinski definition) is 6. The van der Waals surface area contributed by atoms with Crippen molar-refractivity contribution in [3.8, 4) is 0 Å². The van der Waals surface area contributed by atoms with Crippen molar-refractivity contribution in [2.75, 3.05) is 26.1 Å². The molecule has 0 unspecified atom stereocenters. The molecular formula is C16H18N2O4S. The lowest BCUT2D eigenvalue weighted by atomic mass is 10.2. The fourth-order valence-electron chi connectivity index (χ4n) is 2.11. The van der Waals surface area contributed by atoms with Crippen LogP contribution in [-0.2, 0) is 14.3 Å². The molecule has 1 fully saturated rings. The Morgan fingerprint density at radius 2 is 1.87 bits per heavy atom. The van der Waals surface area contributed by atoms with Gasteiger partial charge in [0.05, 0.1) is 12.0 Å². The molecule has 1 aliphatic heterocycles. The summed E-state index contributed by atoms with van der Waals surface area (Å²) in [4.78, 5) is 39.1. The van der Waals surface area contributed by atoms with Gasteiger partial charge in [0.25, 0.3) is 11.1 Å². The summed E-state index contributed by atoms with van der Waals surface area (Å²) in [5.41, 5.74) is 1.85. The molecule has 0 saturated carbocycles. The van der Waals surface area contributed by atoms with E-state index in [0.717, 1.165) is 27.9 Å². The van der Waals surface area contributed by atoms with Crippen molar-refractivity contribution in [2.24, 2.45) is 0 Å². The molecule has 0 aliphatic carbocycles. The van der Waals surface area contributed by atoms with Crippen LogP contribution in [0.2, 0.25) is 0 Å². The Morgan fingerprint density at radius 1 is 1.26 bits per heavy atom. The number of benzene rings is 1. The van der Waals surface area contributed by atoms with Crippen molar-refractivity contribution in [1.29, 1.82) is 0 Å². The Hall–Kier alpha value is -2.28. The molecule has 0 spiro atoms. The molecule has 2 amide bonds. The summed E-state index contributed by atoms with van der Waals surface area (Å²) in [5.74, 6) is -1.10. The number of amides is 2. The minimum absolute atomic E-state index is 0.295. The summed E-state index contributed by atoms with van der Waals surface area (Å²) < 4.78 is 4.59. The van der Waals surface area contributed by atoms with Crippen molar-refractivity contribution in [3.63, 3.8) is 0 Å². The van der Waals surface area contributed by atoms with Gasteiger partial charge >= 0.3 is 5.97 Å². The molecular weight excluding hydrogens is 316 g/mol. The smallest absolute Gasteiger partial charge is 0.328 e. The van der Waals surface area contributed by atoms with Gasteiger partial charge in [0.2, 0.25) is 0 Å². The van der Waals surface area contributed by atoms with Gasteiger partial charge in [-0.1, -0.05) is 12.1 Å². The minimum Gasteiger partial charge on any atom is -0.467 e. The Balaban J connectivity index is 2.23. The van der Waals surface area contributed by atoms with Crippen LogP contribution in [0.3, 0.4) is 0 Å². The van der Waals surface area contributed by atoms with Gasteiger partial charge in [0.15, 0.2) is 0 Å². The first-order valence-electron chi connectivity index (χ1n) is 6.97. The number of anilines is 1. The lowest BCUT2D eigenvalue weighted by molar-refractivity contribution is -0.148. The maximum absolute atomic E-state index is 12.4. The third kappa shape index (κ3) is 3.56. The molecule has 1 saturated heterocycles.